The molecule has 2 aromatic rings. The molecular weight excluding hydrogens is 338 g/mol. The largest absolute Gasteiger partial charge is 0.356 e. The highest BCUT2D eigenvalue weighted by molar-refractivity contribution is 7.90. The van der Waals surface area contributed by atoms with Crippen LogP contribution in [0.3, 0.4) is 0 Å². The summed E-state index contributed by atoms with van der Waals surface area (Å²) in [6.45, 7) is 2.52. The second kappa shape index (κ2) is 5.95. The highest BCUT2D eigenvalue weighted by Gasteiger charge is 2.57. The minimum atomic E-state index is -3.13. The zero-order valence-electron chi connectivity index (χ0n) is 14.7. The fourth-order valence-electron chi connectivity index (χ4n) is 4.35. The number of aromatic amines is 1. The van der Waals surface area contributed by atoms with Crippen molar-refractivity contribution in [2.45, 2.75) is 50.3 Å². The predicted octanol–water partition coefficient (Wildman–Crippen LogP) is 2.03. The highest BCUT2D eigenvalue weighted by atomic mass is 32.2. The summed E-state index contributed by atoms with van der Waals surface area (Å²) in [5, 5.41) is 0.824. The molecule has 4 rings (SSSR count). The Bertz CT molecular complexity index is 864. The van der Waals surface area contributed by atoms with Crippen molar-refractivity contribution in [2.24, 2.45) is 5.41 Å². The summed E-state index contributed by atoms with van der Waals surface area (Å²) in [5.41, 5.74) is 1.07. The van der Waals surface area contributed by atoms with Gasteiger partial charge in [0.05, 0.1) is 10.6 Å². The lowest BCUT2D eigenvalue weighted by atomic mass is 9.53. The van der Waals surface area contributed by atoms with Gasteiger partial charge in [0.25, 0.3) is 0 Å². The summed E-state index contributed by atoms with van der Waals surface area (Å²) in [7, 11) is -1.06. The van der Waals surface area contributed by atoms with E-state index in [-0.39, 0.29) is 10.7 Å². The molecule has 0 aliphatic heterocycles. The van der Waals surface area contributed by atoms with E-state index in [1.54, 1.807) is 6.33 Å². The number of fused-ring (bicyclic) bond motifs is 1. The van der Waals surface area contributed by atoms with Crippen LogP contribution in [-0.4, -0.2) is 48.3 Å². The maximum absolute atomic E-state index is 12.2. The first kappa shape index (κ1) is 16.8. The van der Waals surface area contributed by atoms with Crippen LogP contribution < -0.4 is 9.62 Å². The van der Waals surface area contributed by atoms with E-state index in [1.807, 2.05) is 19.2 Å². The van der Waals surface area contributed by atoms with Gasteiger partial charge in [-0.25, -0.2) is 23.1 Å². The van der Waals surface area contributed by atoms with Gasteiger partial charge in [0.1, 0.15) is 17.8 Å². The number of anilines is 1. The number of nitrogens with one attached hydrogen (secondary N) is 2. The van der Waals surface area contributed by atoms with Crippen LogP contribution >= 0.6 is 0 Å². The molecule has 2 N–H and O–H groups in total. The van der Waals surface area contributed by atoms with Gasteiger partial charge < -0.3 is 9.88 Å². The lowest BCUT2D eigenvalue weighted by Crippen LogP contribution is -2.60. The number of H-pyrrole nitrogens is 1. The van der Waals surface area contributed by atoms with Crippen molar-refractivity contribution in [3.8, 4) is 0 Å². The van der Waals surface area contributed by atoms with Gasteiger partial charge in [0.2, 0.25) is 10.0 Å². The molecule has 0 amide bonds. The summed E-state index contributed by atoms with van der Waals surface area (Å²) < 4.78 is 27.1. The first-order valence-corrected chi connectivity index (χ1v) is 10.5. The molecule has 0 aromatic carbocycles. The van der Waals surface area contributed by atoms with E-state index in [4.69, 9.17) is 0 Å². The molecule has 0 unspecified atom stereocenters. The van der Waals surface area contributed by atoms with E-state index in [2.05, 4.69) is 31.6 Å². The molecule has 2 fully saturated rings. The molecule has 25 heavy (non-hydrogen) atoms. The molecular formula is C17H25N5O2S. The van der Waals surface area contributed by atoms with Crippen molar-refractivity contribution in [3.63, 3.8) is 0 Å². The molecule has 7 nitrogen and oxygen atoms in total. The highest BCUT2D eigenvalue weighted by Crippen LogP contribution is 2.59. The van der Waals surface area contributed by atoms with Gasteiger partial charge in [-0.3, -0.25) is 0 Å². The Morgan fingerprint density at radius 1 is 1.32 bits per heavy atom. The van der Waals surface area contributed by atoms with E-state index in [0.29, 0.717) is 12.6 Å². The van der Waals surface area contributed by atoms with Crippen LogP contribution in [0.2, 0.25) is 0 Å². The van der Waals surface area contributed by atoms with Crippen molar-refractivity contribution in [2.75, 3.05) is 18.5 Å². The van der Waals surface area contributed by atoms with Crippen molar-refractivity contribution in [1.29, 1.82) is 0 Å². The second-order valence-corrected chi connectivity index (χ2v) is 9.63. The number of nitrogens with zero attached hydrogens (tertiary/aromatic N) is 3. The van der Waals surface area contributed by atoms with E-state index in [1.165, 1.54) is 0 Å². The Morgan fingerprint density at radius 3 is 2.80 bits per heavy atom. The number of hydrogen-bond donors (Lipinski definition) is 2. The standard InChI is InChI=1S/C17H25N5O2S/c1-3-5-21-25(23,24)13-9-17(10-13)7-12(8-17)22(2)16-14-4-6-18-15(14)19-11-20-16/h4,6,11-13,21H,3,5,7-10H2,1-2H3,(H,18,19,20). The van der Waals surface area contributed by atoms with Crippen molar-refractivity contribution in [1.82, 2.24) is 19.7 Å². The monoisotopic (exact) mass is 363 g/mol. The average molecular weight is 363 g/mol. The third-order valence-electron chi connectivity index (χ3n) is 5.87. The van der Waals surface area contributed by atoms with Crippen molar-refractivity contribution in [3.05, 3.63) is 18.6 Å². The Hall–Kier alpha value is -1.67. The average Bonchev–Trinajstić information content (AvgIpc) is 2.98. The fraction of sp³-hybridized carbons (Fsp3) is 0.647. The quantitative estimate of drug-likeness (QED) is 0.819. The summed E-state index contributed by atoms with van der Waals surface area (Å²) in [6, 6.07) is 2.42. The molecule has 0 atom stereocenters. The minimum absolute atomic E-state index is 0.208. The van der Waals surface area contributed by atoms with Gasteiger partial charge in [-0.1, -0.05) is 6.92 Å². The van der Waals surface area contributed by atoms with Gasteiger partial charge in [-0.2, -0.15) is 0 Å². The molecule has 2 aromatic heterocycles. The summed E-state index contributed by atoms with van der Waals surface area (Å²) >= 11 is 0. The zero-order chi connectivity index (χ0) is 17.7. The summed E-state index contributed by atoms with van der Waals surface area (Å²) in [5.74, 6) is 0.944. The van der Waals surface area contributed by atoms with Crippen LogP contribution in [0.5, 0.6) is 0 Å². The molecule has 2 heterocycles. The molecule has 8 heteroatoms. The Morgan fingerprint density at radius 2 is 2.08 bits per heavy atom. The maximum atomic E-state index is 12.2. The van der Waals surface area contributed by atoms with Gasteiger partial charge >= 0.3 is 0 Å². The molecule has 1 spiro atoms. The van der Waals surface area contributed by atoms with Crippen LogP contribution in [0.1, 0.15) is 39.0 Å². The first-order chi connectivity index (χ1) is 11.9. The number of sulfonamides is 1. The minimum Gasteiger partial charge on any atom is -0.356 e. The van der Waals surface area contributed by atoms with Crippen molar-refractivity contribution < 1.29 is 8.42 Å². The number of hydrogen-bond acceptors (Lipinski definition) is 5. The van der Waals surface area contributed by atoms with Crippen LogP contribution in [0.25, 0.3) is 11.0 Å². The van der Waals surface area contributed by atoms with Crippen LogP contribution in [0.4, 0.5) is 5.82 Å². The van der Waals surface area contributed by atoms with Gasteiger partial charge in [0.15, 0.2) is 0 Å². The van der Waals surface area contributed by atoms with Gasteiger partial charge in [-0.15, -0.1) is 0 Å². The van der Waals surface area contributed by atoms with Gasteiger partial charge in [-0.05, 0) is 43.6 Å². The predicted molar refractivity (Wildman–Crippen MR) is 98.0 cm³/mol. The van der Waals surface area contributed by atoms with E-state index < -0.39 is 10.0 Å². The normalized spacial score (nSPS) is 28.7. The Balaban J connectivity index is 1.38. The Labute approximate surface area is 148 Å². The Kier molecular flexibility index (Phi) is 3.99. The van der Waals surface area contributed by atoms with E-state index in [0.717, 1.165) is 49.0 Å². The maximum Gasteiger partial charge on any atom is 0.214 e. The van der Waals surface area contributed by atoms with Crippen LogP contribution in [-0.2, 0) is 10.0 Å². The number of rotatable bonds is 6. The van der Waals surface area contributed by atoms with Gasteiger partial charge in [0, 0.05) is 25.8 Å². The molecule has 0 bridgehead atoms. The SMILES string of the molecule is CCCNS(=O)(=O)C1CC2(CC(N(C)c3ncnc4[nH]ccc34)C2)C1. The molecule has 2 aliphatic carbocycles. The first-order valence-electron chi connectivity index (χ1n) is 8.93. The van der Waals surface area contributed by atoms with Crippen LogP contribution in [0, 0.1) is 5.41 Å². The summed E-state index contributed by atoms with van der Waals surface area (Å²) in [4.78, 5) is 14.0. The lowest BCUT2D eigenvalue weighted by molar-refractivity contribution is 0.0135. The molecule has 2 saturated carbocycles. The second-order valence-electron chi connectivity index (χ2n) is 7.58. The summed E-state index contributed by atoms with van der Waals surface area (Å²) in [6.07, 6.45) is 7.96. The third kappa shape index (κ3) is 2.81. The molecule has 0 radical (unpaired) electrons. The molecule has 2 aliphatic rings. The number of aromatic nitrogens is 3. The molecule has 136 valence electrons. The lowest BCUT2D eigenvalue weighted by Gasteiger charge is -2.59. The van der Waals surface area contributed by atoms with E-state index in [9.17, 15) is 8.42 Å². The fourth-order valence-corrected chi connectivity index (χ4v) is 6.22. The van der Waals surface area contributed by atoms with E-state index >= 15 is 0 Å². The molecule has 0 saturated heterocycles. The topological polar surface area (TPSA) is 91.0 Å². The smallest absolute Gasteiger partial charge is 0.214 e. The van der Waals surface area contributed by atoms with Crippen LogP contribution in [0.15, 0.2) is 18.6 Å². The third-order valence-corrected chi connectivity index (χ3v) is 7.68. The van der Waals surface area contributed by atoms with Crippen molar-refractivity contribution >= 4 is 26.9 Å². The zero-order valence-corrected chi connectivity index (χ0v) is 15.5.